The molecular formula is C17H30N2. The Balaban J connectivity index is 2.61. The molecule has 0 radical (unpaired) electrons. The van der Waals surface area contributed by atoms with Gasteiger partial charge in [0.1, 0.15) is 0 Å². The van der Waals surface area contributed by atoms with Crippen molar-refractivity contribution in [2.24, 2.45) is 11.7 Å². The molecule has 0 fully saturated rings. The van der Waals surface area contributed by atoms with Crippen LogP contribution in [0.1, 0.15) is 51.7 Å². The number of hydrogen-bond acceptors (Lipinski definition) is 2. The Labute approximate surface area is 118 Å². The van der Waals surface area contributed by atoms with E-state index in [1.807, 2.05) is 0 Å². The van der Waals surface area contributed by atoms with Gasteiger partial charge in [0.15, 0.2) is 0 Å². The highest BCUT2D eigenvalue weighted by atomic mass is 14.9. The third-order valence-electron chi connectivity index (χ3n) is 3.82. The van der Waals surface area contributed by atoms with E-state index in [2.05, 4.69) is 64.2 Å². The van der Waals surface area contributed by atoms with Crippen LogP contribution in [0.5, 0.6) is 0 Å². The van der Waals surface area contributed by atoms with Crippen LogP contribution < -0.4 is 11.1 Å². The topological polar surface area (TPSA) is 38.0 Å². The summed E-state index contributed by atoms with van der Waals surface area (Å²) in [4.78, 5) is 0. The van der Waals surface area contributed by atoms with Gasteiger partial charge in [-0.05, 0) is 36.1 Å². The Morgan fingerprint density at radius 1 is 1.11 bits per heavy atom. The fraction of sp³-hybridized carbons (Fsp3) is 0.647. The molecule has 0 spiro atoms. The summed E-state index contributed by atoms with van der Waals surface area (Å²) in [5.41, 5.74) is 8.59. The SMILES string of the molecule is CC(CN)CNCC(C)(C)c1ccc(C(C)C)cc1. The van der Waals surface area contributed by atoms with Gasteiger partial charge in [-0.2, -0.15) is 0 Å². The van der Waals surface area contributed by atoms with Gasteiger partial charge in [0.05, 0.1) is 0 Å². The van der Waals surface area contributed by atoms with E-state index in [4.69, 9.17) is 5.73 Å². The zero-order valence-electron chi connectivity index (χ0n) is 13.2. The van der Waals surface area contributed by atoms with E-state index in [-0.39, 0.29) is 5.41 Å². The Bertz CT molecular complexity index is 365. The van der Waals surface area contributed by atoms with E-state index in [1.54, 1.807) is 0 Å². The van der Waals surface area contributed by atoms with E-state index in [0.29, 0.717) is 11.8 Å². The second-order valence-electron chi connectivity index (χ2n) is 6.63. The highest BCUT2D eigenvalue weighted by molar-refractivity contribution is 5.29. The minimum absolute atomic E-state index is 0.157. The Kier molecular flexibility index (Phi) is 6.02. The van der Waals surface area contributed by atoms with E-state index < -0.39 is 0 Å². The van der Waals surface area contributed by atoms with Crippen molar-refractivity contribution in [1.29, 1.82) is 0 Å². The third-order valence-corrected chi connectivity index (χ3v) is 3.82. The molecule has 1 unspecified atom stereocenters. The van der Waals surface area contributed by atoms with Crippen LogP contribution in [0, 0.1) is 5.92 Å². The first-order valence-electron chi connectivity index (χ1n) is 7.38. The number of hydrogen-bond donors (Lipinski definition) is 2. The summed E-state index contributed by atoms with van der Waals surface area (Å²) in [7, 11) is 0. The summed E-state index contributed by atoms with van der Waals surface area (Å²) in [5, 5.41) is 3.53. The van der Waals surface area contributed by atoms with Gasteiger partial charge in [0, 0.05) is 12.0 Å². The first-order valence-corrected chi connectivity index (χ1v) is 7.38. The van der Waals surface area contributed by atoms with Crippen LogP contribution in [0.25, 0.3) is 0 Å². The van der Waals surface area contributed by atoms with Crippen molar-refractivity contribution < 1.29 is 0 Å². The Morgan fingerprint density at radius 3 is 2.16 bits per heavy atom. The highest BCUT2D eigenvalue weighted by Gasteiger charge is 2.20. The molecule has 0 aromatic heterocycles. The molecule has 0 aliphatic rings. The second kappa shape index (κ2) is 7.06. The van der Waals surface area contributed by atoms with Gasteiger partial charge >= 0.3 is 0 Å². The fourth-order valence-corrected chi connectivity index (χ4v) is 2.14. The fourth-order valence-electron chi connectivity index (χ4n) is 2.14. The van der Waals surface area contributed by atoms with E-state index >= 15 is 0 Å². The van der Waals surface area contributed by atoms with Crippen molar-refractivity contribution >= 4 is 0 Å². The summed E-state index contributed by atoms with van der Waals surface area (Å²) < 4.78 is 0. The molecule has 0 aliphatic carbocycles. The lowest BCUT2D eigenvalue weighted by Crippen LogP contribution is -2.36. The molecule has 0 saturated heterocycles. The molecule has 108 valence electrons. The standard InChI is InChI=1S/C17H30N2/c1-13(2)15-6-8-16(9-7-15)17(4,5)12-19-11-14(3)10-18/h6-9,13-14,19H,10-12,18H2,1-5H3. The predicted octanol–water partition coefficient (Wildman–Crippen LogP) is 3.27. The van der Waals surface area contributed by atoms with E-state index in [9.17, 15) is 0 Å². The molecule has 1 atom stereocenters. The molecule has 1 aromatic carbocycles. The zero-order chi connectivity index (χ0) is 14.5. The predicted molar refractivity (Wildman–Crippen MR) is 84.6 cm³/mol. The van der Waals surface area contributed by atoms with E-state index in [1.165, 1.54) is 11.1 Å². The maximum atomic E-state index is 5.64. The minimum Gasteiger partial charge on any atom is -0.330 e. The maximum absolute atomic E-state index is 5.64. The Morgan fingerprint density at radius 2 is 1.68 bits per heavy atom. The summed E-state index contributed by atoms with van der Waals surface area (Å²) in [6, 6.07) is 9.04. The summed E-state index contributed by atoms with van der Waals surface area (Å²) >= 11 is 0. The molecule has 0 aliphatic heterocycles. The van der Waals surface area contributed by atoms with Gasteiger partial charge in [0.25, 0.3) is 0 Å². The van der Waals surface area contributed by atoms with Crippen LogP contribution in [-0.4, -0.2) is 19.6 Å². The average Bonchev–Trinajstić information content (AvgIpc) is 2.38. The maximum Gasteiger partial charge on any atom is 0.00433 e. The van der Waals surface area contributed by atoms with Crippen molar-refractivity contribution in [3.8, 4) is 0 Å². The minimum atomic E-state index is 0.157. The van der Waals surface area contributed by atoms with Crippen LogP contribution in [0.2, 0.25) is 0 Å². The van der Waals surface area contributed by atoms with Gasteiger partial charge in [-0.1, -0.05) is 58.9 Å². The second-order valence-corrected chi connectivity index (χ2v) is 6.63. The summed E-state index contributed by atoms with van der Waals surface area (Å²) in [6.07, 6.45) is 0. The number of benzene rings is 1. The van der Waals surface area contributed by atoms with Crippen molar-refractivity contribution in [2.75, 3.05) is 19.6 Å². The quantitative estimate of drug-likeness (QED) is 0.791. The normalized spacial score (nSPS) is 13.8. The highest BCUT2D eigenvalue weighted by Crippen LogP contribution is 2.24. The Hall–Kier alpha value is -0.860. The molecular weight excluding hydrogens is 232 g/mol. The van der Waals surface area contributed by atoms with Gasteiger partial charge in [0.2, 0.25) is 0 Å². The van der Waals surface area contributed by atoms with Crippen molar-refractivity contribution in [3.05, 3.63) is 35.4 Å². The molecule has 3 N–H and O–H groups in total. The lowest BCUT2D eigenvalue weighted by molar-refractivity contribution is 0.434. The first kappa shape index (κ1) is 16.2. The van der Waals surface area contributed by atoms with Gasteiger partial charge in [-0.3, -0.25) is 0 Å². The molecule has 2 heteroatoms. The molecule has 0 heterocycles. The molecule has 0 saturated carbocycles. The van der Waals surface area contributed by atoms with Crippen molar-refractivity contribution in [2.45, 2.75) is 46.0 Å². The number of nitrogens with one attached hydrogen (secondary N) is 1. The van der Waals surface area contributed by atoms with Gasteiger partial charge in [-0.25, -0.2) is 0 Å². The molecule has 1 aromatic rings. The van der Waals surface area contributed by atoms with Gasteiger partial charge in [-0.15, -0.1) is 0 Å². The number of nitrogens with two attached hydrogens (primary N) is 1. The van der Waals surface area contributed by atoms with Gasteiger partial charge < -0.3 is 11.1 Å². The largest absolute Gasteiger partial charge is 0.330 e. The van der Waals surface area contributed by atoms with Crippen LogP contribution >= 0.6 is 0 Å². The molecule has 0 bridgehead atoms. The monoisotopic (exact) mass is 262 g/mol. The van der Waals surface area contributed by atoms with Crippen molar-refractivity contribution in [3.63, 3.8) is 0 Å². The van der Waals surface area contributed by atoms with Crippen LogP contribution in [-0.2, 0) is 5.41 Å². The first-order chi connectivity index (χ1) is 8.86. The lowest BCUT2D eigenvalue weighted by atomic mass is 9.83. The summed E-state index contributed by atoms with van der Waals surface area (Å²) in [6.45, 7) is 13.9. The molecule has 2 nitrogen and oxygen atoms in total. The lowest BCUT2D eigenvalue weighted by Gasteiger charge is -2.27. The van der Waals surface area contributed by atoms with Crippen LogP contribution in [0.3, 0.4) is 0 Å². The molecule has 1 rings (SSSR count). The zero-order valence-corrected chi connectivity index (χ0v) is 13.2. The average molecular weight is 262 g/mol. The van der Waals surface area contributed by atoms with Crippen LogP contribution in [0.4, 0.5) is 0 Å². The summed E-state index contributed by atoms with van der Waals surface area (Å²) in [5.74, 6) is 1.14. The van der Waals surface area contributed by atoms with Crippen molar-refractivity contribution in [1.82, 2.24) is 5.32 Å². The van der Waals surface area contributed by atoms with Crippen LogP contribution in [0.15, 0.2) is 24.3 Å². The number of rotatable bonds is 7. The van der Waals surface area contributed by atoms with E-state index in [0.717, 1.165) is 19.6 Å². The molecule has 0 amide bonds. The smallest absolute Gasteiger partial charge is 0.00433 e. The third kappa shape index (κ3) is 4.96. The molecule has 19 heavy (non-hydrogen) atoms.